The van der Waals surface area contributed by atoms with E-state index in [1.165, 1.54) is 0 Å². The number of carbonyl (C=O) groups excluding carboxylic acids is 2. The minimum absolute atomic E-state index is 0.0845. The fraction of sp³-hybridized carbons (Fsp3) is 0.875. The second-order valence-electron chi connectivity index (χ2n) is 6.23. The zero-order valence-electron chi connectivity index (χ0n) is 13.8. The molecule has 2 amide bonds. The highest BCUT2D eigenvalue weighted by Crippen LogP contribution is 2.15. The summed E-state index contributed by atoms with van der Waals surface area (Å²) in [6, 6.07) is 0. The molecule has 0 spiro atoms. The quantitative estimate of drug-likeness (QED) is 0.659. The highest BCUT2D eigenvalue weighted by atomic mass is 16.5. The van der Waals surface area contributed by atoms with Crippen molar-refractivity contribution in [2.24, 2.45) is 0 Å². The van der Waals surface area contributed by atoms with Crippen LogP contribution in [0, 0.1) is 0 Å². The van der Waals surface area contributed by atoms with Gasteiger partial charge in [0.2, 0.25) is 0 Å². The number of unbranched alkanes of at least 4 members (excludes halogenated alkanes) is 1. The molecule has 6 nitrogen and oxygen atoms in total. The summed E-state index contributed by atoms with van der Waals surface area (Å²) in [5.74, 6) is 0.169. The van der Waals surface area contributed by atoms with E-state index in [9.17, 15) is 9.59 Å². The van der Waals surface area contributed by atoms with Gasteiger partial charge in [-0.15, -0.1) is 0 Å². The van der Waals surface area contributed by atoms with Crippen molar-refractivity contribution in [3.63, 3.8) is 0 Å². The van der Waals surface area contributed by atoms with Gasteiger partial charge in [-0.1, -0.05) is 0 Å². The first-order chi connectivity index (χ1) is 10.6. The third-order valence-corrected chi connectivity index (χ3v) is 4.40. The first-order valence-corrected chi connectivity index (χ1v) is 8.32. The van der Waals surface area contributed by atoms with Crippen LogP contribution in [0.3, 0.4) is 0 Å². The van der Waals surface area contributed by atoms with E-state index in [-0.39, 0.29) is 24.0 Å². The van der Waals surface area contributed by atoms with Gasteiger partial charge in [-0.05, 0) is 38.5 Å². The Labute approximate surface area is 132 Å². The predicted molar refractivity (Wildman–Crippen MR) is 82.5 cm³/mol. The molecular weight excluding hydrogens is 284 g/mol. The molecule has 2 rings (SSSR count). The fourth-order valence-corrected chi connectivity index (χ4v) is 2.95. The van der Waals surface area contributed by atoms with Crippen LogP contribution < -0.4 is 0 Å². The number of ether oxygens (including phenoxy) is 2. The van der Waals surface area contributed by atoms with Crippen LogP contribution in [0.1, 0.15) is 38.5 Å². The van der Waals surface area contributed by atoms with Crippen molar-refractivity contribution < 1.29 is 19.1 Å². The summed E-state index contributed by atoms with van der Waals surface area (Å²) >= 11 is 0. The Morgan fingerprint density at radius 3 is 1.59 bits per heavy atom. The van der Waals surface area contributed by atoms with Gasteiger partial charge in [-0.25, -0.2) is 0 Å². The topological polar surface area (TPSA) is 59.1 Å². The van der Waals surface area contributed by atoms with Crippen molar-refractivity contribution in [3.05, 3.63) is 0 Å². The van der Waals surface area contributed by atoms with E-state index >= 15 is 0 Å². The lowest BCUT2D eigenvalue weighted by Crippen LogP contribution is -2.38. The van der Waals surface area contributed by atoms with Gasteiger partial charge in [-0.2, -0.15) is 0 Å². The monoisotopic (exact) mass is 312 g/mol. The summed E-state index contributed by atoms with van der Waals surface area (Å²) in [6.45, 7) is 2.81. The number of likely N-dealkylation sites (N-methyl/N-ethyl adjacent to an activating group) is 2. The molecule has 2 atom stereocenters. The molecule has 2 fully saturated rings. The lowest BCUT2D eigenvalue weighted by atomic mass is 10.2. The van der Waals surface area contributed by atoms with Gasteiger partial charge in [0.05, 0.1) is 0 Å². The molecule has 0 bridgehead atoms. The van der Waals surface area contributed by atoms with Crippen molar-refractivity contribution in [2.75, 3.05) is 40.4 Å². The lowest BCUT2D eigenvalue weighted by molar-refractivity contribution is -0.140. The van der Waals surface area contributed by atoms with Gasteiger partial charge in [0.25, 0.3) is 11.8 Å². The lowest BCUT2D eigenvalue weighted by Gasteiger charge is -2.23. The Bertz CT molecular complexity index is 340. The molecular formula is C16H28N2O4. The minimum Gasteiger partial charge on any atom is -0.368 e. The second-order valence-corrected chi connectivity index (χ2v) is 6.23. The van der Waals surface area contributed by atoms with Crippen LogP contribution in [-0.4, -0.2) is 74.2 Å². The summed E-state index contributed by atoms with van der Waals surface area (Å²) in [5, 5.41) is 0. The van der Waals surface area contributed by atoms with Crippen LogP contribution >= 0.6 is 0 Å². The summed E-state index contributed by atoms with van der Waals surface area (Å²) in [5.41, 5.74) is 0. The molecule has 2 saturated heterocycles. The Kier molecular flexibility index (Phi) is 6.64. The molecule has 0 aromatic rings. The van der Waals surface area contributed by atoms with Crippen LogP contribution in [0.25, 0.3) is 0 Å². The van der Waals surface area contributed by atoms with Gasteiger partial charge in [0, 0.05) is 40.4 Å². The fourth-order valence-electron chi connectivity index (χ4n) is 2.95. The van der Waals surface area contributed by atoms with Gasteiger partial charge in [-0.3, -0.25) is 9.59 Å². The maximum absolute atomic E-state index is 12.1. The van der Waals surface area contributed by atoms with E-state index in [2.05, 4.69) is 0 Å². The third kappa shape index (κ3) is 4.68. The summed E-state index contributed by atoms with van der Waals surface area (Å²) in [6.07, 6.45) is 4.91. The summed E-state index contributed by atoms with van der Waals surface area (Å²) in [4.78, 5) is 27.6. The maximum Gasteiger partial charge on any atom is 0.251 e. The van der Waals surface area contributed by atoms with E-state index < -0.39 is 0 Å². The molecule has 2 aliphatic rings. The highest BCUT2D eigenvalue weighted by molar-refractivity contribution is 5.81. The smallest absolute Gasteiger partial charge is 0.251 e. The van der Waals surface area contributed by atoms with Gasteiger partial charge in [0.1, 0.15) is 12.2 Å². The van der Waals surface area contributed by atoms with E-state index in [4.69, 9.17) is 9.47 Å². The molecule has 22 heavy (non-hydrogen) atoms. The minimum atomic E-state index is -0.242. The molecule has 0 aromatic heterocycles. The Morgan fingerprint density at radius 2 is 1.27 bits per heavy atom. The normalized spacial score (nSPS) is 24.5. The van der Waals surface area contributed by atoms with Crippen molar-refractivity contribution in [2.45, 2.75) is 50.7 Å². The molecule has 2 unspecified atom stereocenters. The molecule has 126 valence electrons. The largest absolute Gasteiger partial charge is 0.368 e. The molecule has 0 aliphatic carbocycles. The Hall–Kier alpha value is -1.14. The maximum atomic E-state index is 12.1. The standard InChI is InChI=1S/C16H28N2O4/c1-17(15(19)13-7-5-11-21-13)9-3-4-10-18(2)16(20)14-8-6-12-22-14/h13-14H,3-12H2,1-2H3. The SMILES string of the molecule is CN(CCCCN(C)C(=O)C1CCCO1)C(=O)C1CCCO1. The molecule has 0 aromatic carbocycles. The Morgan fingerprint density at radius 1 is 0.864 bits per heavy atom. The van der Waals surface area contributed by atoms with Crippen LogP contribution in [-0.2, 0) is 19.1 Å². The van der Waals surface area contributed by atoms with E-state index in [0.717, 1.165) is 38.5 Å². The molecule has 6 heteroatoms. The van der Waals surface area contributed by atoms with E-state index in [1.807, 2.05) is 14.1 Å². The predicted octanol–water partition coefficient (Wildman–Crippen LogP) is 1.04. The van der Waals surface area contributed by atoms with Gasteiger partial charge in [0.15, 0.2) is 0 Å². The summed E-state index contributed by atoms with van der Waals surface area (Å²) in [7, 11) is 3.65. The molecule has 2 heterocycles. The zero-order chi connectivity index (χ0) is 15.9. The van der Waals surface area contributed by atoms with Crippen LogP contribution in [0.4, 0.5) is 0 Å². The van der Waals surface area contributed by atoms with Crippen molar-refractivity contribution in [1.82, 2.24) is 9.80 Å². The first-order valence-electron chi connectivity index (χ1n) is 8.32. The van der Waals surface area contributed by atoms with E-state index in [0.29, 0.717) is 26.3 Å². The number of hydrogen-bond donors (Lipinski definition) is 0. The van der Waals surface area contributed by atoms with Crippen molar-refractivity contribution in [3.8, 4) is 0 Å². The Balaban J connectivity index is 1.59. The number of amides is 2. The highest BCUT2D eigenvalue weighted by Gasteiger charge is 2.27. The molecule has 2 aliphatic heterocycles. The van der Waals surface area contributed by atoms with Crippen LogP contribution in [0.5, 0.6) is 0 Å². The molecule has 0 saturated carbocycles. The second kappa shape index (κ2) is 8.48. The number of nitrogens with zero attached hydrogens (tertiary/aromatic N) is 2. The zero-order valence-corrected chi connectivity index (χ0v) is 13.8. The third-order valence-electron chi connectivity index (χ3n) is 4.40. The number of rotatable bonds is 7. The van der Waals surface area contributed by atoms with Gasteiger partial charge < -0.3 is 19.3 Å². The average molecular weight is 312 g/mol. The number of hydrogen-bond acceptors (Lipinski definition) is 4. The van der Waals surface area contributed by atoms with Crippen molar-refractivity contribution >= 4 is 11.8 Å². The summed E-state index contributed by atoms with van der Waals surface area (Å²) < 4.78 is 10.8. The average Bonchev–Trinajstić information content (AvgIpc) is 3.22. The molecule has 0 radical (unpaired) electrons. The number of carbonyl (C=O) groups is 2. The van der Waals surface area contributed by atoms with Crippen LogP contribution in [0.2, 0.25) is 0 Å². The van der Waals surface area contributed by atoms with E-state index in [1.54, 1.807) is 9.80 Å². The van der Waals surface area contributed by atoms with Crippen molar-refractivity contribution in [1.29, 1.82) is 0 Å². The first kappa shape index (κ1) is 17.2. The van der Waals surface area contributed by atoms with Gasteiger partial charge >= 0.3 is 0 Å². The van der Waals surface area contributed by atoms with Crippen LogP contribution in [0.15, 0.2) is 0 Å². The molecule has 0 N–H and O–H groups in total.